The van der Waals surface area contributed by atoms with Crippen LogP contribution in [-0.4, -0.2) is 38.0 Å². The lowest BCUT2D eigenvalue weighted by Crippen LogP contribution is -2.38. The molecule has 0 aromatic heterocycles. The molecule has 7 heteroatoms. The van der Waals surface area contributed by atoms with E-state index >= 15 is 0 Å². The second-order valence-electron chi connectivity index (χ2n) is 6.09. The van der Waals surface area contributed by atoms with Crippen LogP contribution >= 0.6 is 0 Å². The molecule has 0 aliphatic carbocycles. The summed E-state index contributed by atoms with van der Waals surface area (Å²) in [4.78, 5) is 37.6. The van der Waals surface area contributed by atoms with Gasteiger partial charge in [-0.05, 0) is 42.0 Å². The summed E-state index contributed by atoms with van der Waals surface area (Å²) >= 11 is 0. The molecule has 27 heavy (non-hydrogen) atoms. The van der Waals surface area contributed by atoms with Gasteiger partial charge in [0.15, 0.2) is 0 Å². The molecule has 0 radical (unpaired) electrons. The van der Waals surface area contributed by atoms with Crippen molar-refractivity contribution in [1.29, 1.82) is 0 Å². The van der Waals surface area contributed by atoms with Crippen LogP contribution in [0.25, 0.3) is 0 Å². The summed E-state index contributed by atoms with van der Waals surface area (Å²) in [5.41, 5.74) is 1.78. The number of anilines is 1. The van der Waals surface area contributed by atoms with Gasteiger partial charge in [-0.15, -0.1) is 0 Å². The van der Waals surface area contributed by atoms with E-state index in [4.69, 9.17) is 4.74 Å². The first kappa shape index (κ1) is 18.6. The number of nitrogens with one attached hydrogen (secondary N) is 1. The van der Waals surface area contributed by atoms with Gasteiger partial charge in [-0.2, -0.15) is 0 Å². The molecule has 3 rings (SSSR count). The summed E-state index contributed by atoms with van der Waals surface area (Å²) < 4.78 is 9.76. The smallest absolute Gasteiger partial charge is 0.337 e. The van der Waals surface area contributed by atoms with Crippen molar-refractivity contribution in [3.8, 4) is 5.75 Å². The first-order valence-electron chi connectivity index (χ1n) is 8.45. The second-order valence-corrected chi connectivity index (χ2v) is 6.09. The Morgan fingerprint density at radius 2 is 1.74 bits per heavy atom. The van der Waals surface area contributed by atoms with Crippen molar-refractivity contribution in [1.82, 2.24) is 5.32 Å². The summed E-state index contributed by atoms with van der Waals surface area (Å²) in [6, 6.07) is 13.1. The Kier molecular flexibility index (Phi) is 5.52. The second kappa shape index (κ2) is 8.01. The van der Waals surface area contributed by atoms with Crippen LogP contribution in [0.5, 0.6) is 5.75 Å². The molecule has 1 atom stereocenters. The number of methoxy groups -OCH3 is 2. The van der Waals surface area contributed by atoms with E-state index in [-0.39, 0.29) is 18.2 Å². The van der Waals surface area contributed by atoms with Crippen molar-refractivity contribution in [2.24, 2.45) is 0 Å². The molecule has 0 saturated carbocycles. The number of ether oxygens (including phenoxy) is 2. The Balaban J connectivity index is 1.66. The fraction of sp³-hybridized carbons (Fsp3) is 0.250. The Morgan fingerprint density at radius 3 is 2.33 bits per heavy atom. The van der Waals surface area contributed by atoms with Crippen LogP contribution in [0, 0.1) is 0 Å². The number of nitrogens with zero attached hydrogens (tertiary/aromatic N) is 1. The van der Waals surface area contributed by atoms with Crippen LogP contribution < -0.4 is 15.0 Å². The Labute approximate surface area is 156 Å². The SMILES string of the molecule is COC(=O)c1ccc(N2C(=O)C[C@H](NCc3ccc(OC)cc3)C2=O)cc1. The maximum atomic E-state index is 12.6. The number of amides is 2. The first-order valence-corrected chi connectivity index (χ1v) is 8.45. The van der Waals surface area contributed by atoms with Crippen molar-refractivity contribution in [3.05, 3.63) is 59.7 Å². The lowest BCUT2D eigenvalue weighted by Gasteiger charge is -2.16. The fourth-order valence-electron chi connectivity index (χ4n) is 2.91. The minimum absolute atomic E-state index is 0.0910. The predicted molar refractivity (Wildman–Crippen MR) is 98.5 cm³/mol. The van der Waals surface area contributed by atoms with Crippen molar-refractivity contribution >= 4 is 23.5 Å². The maximum Gasteiger partial charge on any atom is 0.337 e. The minimum Gasteiger partial charge on any atom is -0.497 e. The molecule has 2 amide bonds. The number of rotatable bonds is 6. The first-order chi connectivity index (χ1) is 13.0. The van der Waals surface area contributed by atoms with Crippen LogP contribution in [-0.2, 0) is 20.9 Å². The van der Waals surface area contributed by atoms with E-state index in [9.17, 15) is 14.4 Å². The van der Waals surface area contributed by atoms with Crippen molar-refractivity contribution in [2.75, 3.05) is 19.1 Å². The van der Waals surface area contributed by atoms with Gasteiger partial charge in [0.05, 0.1) is 37.9 Å². The third-order valence-corrected chi connectivity index (χ3v) is 4.40. The lowest BCUT2D eigenvalue weighted by molar-refractivity contribution is -0.121. The van der Waals surface area contributed by atoms with Crippen LogP contribution in [0.3, 0.4) is 0 Å². The van der Waals surface area contributed by atoms with Crippen LogP contribution in [0.15, 0.2) is 48.5 Å². The highest BCUT2D eigenvalue weighted by atomic mass is 16.5. The minimum atomic E-state index is -0.583. The average molecular weight is 368 g/mol. The quantitative estimate of drug-likeness (QED) is 0.619. The van der Waals surface area contributed by atoms with Crippen molar-refractivity contribution in [2.45, 2.75) is 19.0 Å². The summed E-state index contributed by atoms with van der Waals surface area (Å²) in [5, 5.41) is 3.13. The highest BCUT2D eigenvalue weighted by Crippen LogP contribution is 2.24. The van der Waals surface area contributed by atoms with Crippen molar-refractivity contribution in [3.63, 3.8) is 0 Å². The third-order valence-electron chi connectivity index (χ3n) is 4.40. The highest BCUT2D eigenvalue weighted by molar-refractivity contribution is 6.22. The van der Waals surface area contributed by atoms with Crippen LogP contribution in [0.1, 0.15) is 22.3 Å². The van der Waals surface area contributed by atoms with E-state index in [2.05, 4.69) is 10.1 Å². The average Bonchev–Trinajstić information content (AvgIpc) is 2.99. The van der Waals surface area contributed by atoms with Gasteiger partial charge < -0.3 is 14.8 Å². The van der Waals surface area contributed by atoms with Gasteiger partial charge in [0, 0.05) is 6.54 Å². The molecule has 1 heterocycles. The van der Waals surface area contributed by atoms with Crippen LogP contribution in [0.4, 0.5) is 5.69 Å². The topological polar surface area (TPSA) is 84.9 Å². The van der Waals surface area contributed by atoms with Crippen molar-refractivity contribution < 1.29 is 23.9 Å². The van der Waals surface area contributed by atoms with E-state index < -0.39 is 12.0 Å². The number of hydrogen-bond donors (Lipinski definition) is 1. The van der Waals surface area contributed by atoms with Gasteiger partial charge in [0.1, 0.15) is 5.75 Å². The lowest BCUT2D eigenvalue weighted by atomic mass is 10.2. The summed E-state index contributed by atoms with van der Waals surface area (Å²) in [6.45, 7) is 0.461. The van der Waals surface area contributed by atoms with Gasteiger partial charge in [-0.25, -0.2) is 9.69 Å². The Bertz CT molecular complexity index is 846. The summed E-state index contributed by atoms with van der Waals surface area (Å²) in [7, 11) is 2.89. The van der Waals surface area contributed by atoms with Gasteiger partial charge >= 0.3 is 5.97 Å². The van der Waals surface area contributed by atoms with Gasteiger partial charge in [0.2, 0.25) is 5.91 Å². The standard InChI is InChI=1S/C20H20N2O5/c1-26-16-9-3-13(4-10-16)12-21-17-11-18(23)22(19(17)24)15-7-5-14(6-8-15)20(25)27-2/h3-10,17,21H,11-12H2,1-2H3/t17-/m0/s1. The van der Waals surface area contributed by atoms with E-state index in [0.717, 1.165) is 16.2 Å². The Hall–Kier alpha value is -3.19. The molecule has 2 aromatic rings. The Morgan fingerprint density at radius 1 is 1.07 bits per heavy atom. The van der Waals surface area contributed by atoms with E-state index in [0.29, 0.717) is 17.8 Å². The molecular formula is C20H20N2O5. The molecule has 0 spiro atoms. The van der Waals surface area contributed by atoms with Gasteiger partial charge in [-0.3, -0.25) is 9.59 Å². The number of carbonyl (C=O) groups excluding carboxylic acids is 3. The molecule has 1 N–H and O–H groups in total. The molecule has 1 aliphatic rings. The predicted octanol–water partition coefficient (Wildman–Crippen LogP) is 1.90. The molecular weight excluding hydrogens is 348 g/mol. The number of hydrogen-bond acceptors (Lipinski definition) is 6. The van der Waals surface area contributed by atoms with Crippen LogP contribution in [0.2, 0.25) is 0 Å². The zero-order valence-electron chi connectivity index (χ0n) is 15.1. The maximum absolute atomic E-state index is 12.6. The van der Waals surface area contributed by atoms with E-state index in [1.54, 1.807) is 19.2 Å². The van der Waals surface area contributed by atoms with E-state index in [1.165, 1.54) is 19.2 Å². The molecule has 1 saturated heterocycles. The highest BCUT2D eigenvalue weighted by Gasteiger charge is 2.39. The molecule has 140 valence electrons. The molecule has 7 nitrogen and oxygen atoms in total. The number of carbonyl (C=O) groups is 3. The molecule has 1 fully saturated rings. The normalized spacial score (nSPS) is 16.5. The summed E-state index contributed by atoms with van der Waals surface area (Å²) in [6.07, 6.45) is 0.0910. The van der Waals surface area contributed by atoms with Gasteiger partial charge in [0.25, 0.3) is 5.91 Å². The largest absolute Gasteiger partial charge is 0.497 e. The number of imide groups is 1. The molecule has 2 aromatic carbocycles. The number of esters is 1. The zero-order chi connectivity index (χ0) is 19.4. The molecule has 0 unspecified atom stereocenters. The molecule has 1 aliphatic heterocycles. The zero-order valence-corrected chi connectivity index (χ0v) is 15.1. The molecule has 0 bridgehead atoms. The number of benzene rings is 2. The monoisotopic (exact) mass is 368 g/mol. The third kappa shape index (κ3) is 3.98. The van der Waals surface area contributed by atoms with E-state index in [1.807, 2.05) is 24.3 Å². The van der Waals surface area contributed by atoms with Gasteiger partial charge in [-0.1, -0.05) is 12.1 Å². The fourth-order valence-corrected chi connectivity index (χ4v) is 2.91. The summed E-state index contributed by atoms with van der Waals surface area (Å²) in [5.74, 6) is -0.301.